The van der Waals surface area contributed by atoms with Crippen molar-refractivity contribution < 1.29 is 4.74 Å². The number of hydrogen-bond acceptors (Lipinski definition) is 4. The van der Waals surface area contributed by atoms with Crippen LogP contribution in [0.2, 0.25) is 0 Å². The fourth-order valence-corrected chi connectivity index (χ4v) is 2.30. The number of rotatable bonds is 4. The Labute approximate surface area is 113 Å². The summed E-state index contributed by atoms with van der Waals surface area (Å²) in [7, 11) is 2.06. The second-order valence-electron chi connectivity index (χ2n) is 4.68. The fraction of sp³-hybridized carbons (Fsp3) is 0.538. The molecule has 0 atom stereocenters. The first-order chi connectivity index (χ1) is 8.66. The van der Waals surface area contributed by atoms with Crippen LogP contribution in [0.4, 0.5) is 5.82 Å². The smallest absolute Gasteiger partial charge is 0.129 e. The quantitative estimate of drug-likeness (QED) is 0.838. The number of thiocarbonyl (C=S) groups is 1. The zero-order chi connectivity index (χ0) is 13.0. The zero-order valence-corrected chi connectivity index (χ0v) is 11.4. The van der Waals surface area contributed by atoms with Crippen LogP contribution in [0.1, 0.15) is 18.5 Å². The van der Waals surface area contributed by atoms with Gasteiger partial charge < -0.3 is 15.4 Å². The first kappa shape index (κ1) is 13.2. The number of nitrogens with two attached hydrogens (primary N) is 1. The maximum absolute atomic E-state index is 5.60. The molecule has 0 aliphatic carbocycles. The third kappa shape index (κ3) is 3.40. The van der Waals surface area contributed by atoms with Crippen LogP contribution >= 0.6 is 12.2 Å². The van der Waals surface area contributed by atoms with E-state index in [1.807, 2.05) is 18.2 Å². The Balaban J connectivity index is 2.01. The minimum absolute atomic E-state index is 0.344. The summed E-state index contributed by atoms with van der Waals surface area (Å²) in [6.45, 7) is 2.74. The van der Waals surface area contributed by atoms with E-state index in [0.717, 1.165) is 38.4 Å². The maximum atomic E-state index is 5.60. The van der Waals surface area contributed by atoms with E-state index in [1.165, 1.54) is 0 Å². The topological polar surface area (TPSA) is 51.4 Å². The van der Waals surface area contributed by atoms with Crippen molar-refractivity contribution in [1.29, 1.82) is 0 Å². The summed E-state index contributed by atoms with van der Waals surface area (Å²) in [5.74, 6) is 1.60. The Morgan fingerprint density at radius 3 is 2.89 bits per heavy atom. The largest absolute Gasteiger partial charge is 0.388 e. The molecule has 0 saturated carbocycles. The van der Waals surface area contributed by atoms with E-state index >= 15 is 0 Å². The molecule has 0 spiro atoms. The van der Waals surface area contributed by atoms with Gasteiger partial charge in [-0.25, -0.2) is 4.98 Å². The van der Waals surface area contributed by atoms with Gasteiger partial charge in [0.1, 0.15) is 10.8 Å². The number of ether oxygens (including phenoxy) is 1. The van der Waals surface area contributed by atoms with E-state index < -0.39 is 0 Å². The molecule has 2 heterocycles. The monoisotopic (exact) mass is 265 g/mol. The van der Waals surface area contributed by atoms with Crippen LogP contribution in [0, 0.1) is 5.92 Å². The molecular weight excluding hydrogens is 246 g/mol. The summed E-state index contributed by atoms with van der Waals surface area (Å²) in [6.07, 6.45) is 2.25. The predicted octanol–water partition coefficient (Wildman–Crippen LogP) is 1.58. The molecule has 1 aliphatic rings. The summed E-state index contributed by atoms with van der Waals surface area (Å²) in [5, 5.41) is 0. The molecule has 2 N–H and O–H groups in total. The number of pyridine rings is 1. The van der Waals surface area contributed by atoms with Gasteiger partial charge >= 0.3 is 0 Å². The third-order valence-electron chi connectivity index (χ3n) is 3.25. The van der Waals surface area contributed by atoms with Crippen LogP contribution in [0.25, 0.3) is 0 Å². The first-order valence-electron chi connectivity index (χ1n) is 6.22. The van der Waals surface area contributed by atoms with Gasteiger partial charge in [0.15, 0.2) is 0 Å². The van der Waals surface area contributed by atoms with E-state index in [4.69, 9.17) is 22.7 Å². The molecule has 0 aromatic carbocycles. The molecule has 0 unspecified atom stereocenters. The van der Waals surface area contributed by atoms with Crippen molar-refractivity contribution in [2.45, 2.75) is 12.8 Å². The fourth-order valence-electron chi connectivity index (χ4n) is 2.18. The molecule has 1 aromatic rings. The lowest BCUT2D eigenvalue weighted by atomic mass is 10.00. The number of hydrogen-bond donors (Lipinski definition) is 1. The molecule has 2 rings (SSSR count). The van der Waals surface area contributed by atoms with E-state index in [-0.39, 0.29) is 0 Å². The van der Waals surface area contributed by atoms with Gasteiger partial charge in [-0.2, -0.15) is 0 Å². The van der Waals surface area contributed by atoms with Crippen molar-refractivity contribution in [3.63, 3.8) is 0 Å². The van der Waals surface area contributed by atoms with E-state index in [1.54, 1.807) is 0 Å². The second kappa shape index (κ2) is 6.11. The minimum atomic E-state index is 0.344. The highest BCUT2D eigenvalue weighted by molar-refractivity contribution is 7.80. The minimum Gasteiger partial charge on any atom is -0.388 e. The van der Waals surface area contributed by atoms with Crippen molar-refractivity contribution in [2.24, 2.45) is 11.7 Å². The summed E-state index contributed by atoms with van der Waals surface area (Å²) >= 11 is 4.95. The molecule has 4 nitrogen and oxygen atoms in total. The summed E-state index contributed by atoms with van der Waals surface area (Å²) in [5.41, 5.74) is 6.28. The SMILES string of the molecule is CN(CC1CCOCC1)c1cccc(C(N)=S)n1. The van der Waals surface area contributed by atoms with Gasteiger partial charge in [0.05, 0.1) is 5.69 Å². The van der Waals surface area contributed by atoms with Gasteiger partial charge in [-0.3, -0.25) is 0 Å². The molecule has 0 radical (unpaired) electrons. The van der Waals surface area contributed by atoms with Crippen molar-refractivity contribution in [1.82, 2.24) is 4.98 Å². The van der Waals surface area contributed by atoms with Crippen LogP contribution in [0.15, 0.2) is 18.2 Å². The number of nitrogens with zero attached hydrogens (tertiary/aromatic N) is 2. The highest BCUT2D eigenvalue weighted by Crippen LogP contribution is 2.18. The lowest BCUT2D eigenvalue weighted by Gasteiger charge is -2.27. The van der Waals surface area contributed by atoms with Crippen molar-refractivity contribution in [3.8, 4) is 0 Å². The van der Waals surface area contributed by atoms with Crippen LogP contribution < -0.4 is 10.6 Å². The Hall–Kier alpha value is -1.20. The van der Waals surface area contributed by atoms with E-state index in [0.29, 0.717) is 16.6 Å². The van der Waals surface area contributed by atoms with Gasteiger partial charge in [-0.15, -0.1) is 0 Å². The Bertz CT molecular complexity index is 418. The third-order valence-corrected chi connectivity index (χ3v) is 3.46. The van der Waals surface area contributed by atoms with Gasteiger partial charge in [0.2, 0.25) is 0 Å². The zero-order valence-electron chi connectivity index (χ0n) is 10.6. The average Bonchev–Trinajstić information content (AvgIpc) is 2.40. The van der Waals surface area contributed by atoms with Crippen LogP contribution in [-0.4, -0.2) is 36.8 Å². The highest BCUT2D eigenvalue weighted by atomic mass is 32.1. The first-order valence-corrected chi connectivity index (χ1v) is 6.63. The highest BCUT2D eigenvalue weighted by Gasteiger charge is 2.16. The van der Waals surface area contributed by atoms with Crippen molar-refractivity contribution >= 4 is 23.0 Å². The second-order valence-corrected chi connectivity index (χ2v) is 5.12. The molecule has 18 heavy (non-hydrogen) atoms. The van der Waals surface area contributed by atoms with E-state index in [2.05, 4.69) is 16.9 Å². The molecule has 0 bridgehead atoms. The molecule has 1 saturated heterocycles. The molecule has 1 aromatic heterocycles. The average molecular weight is 265 g/mol. The molecule has 0 amide bonds. The molecule has 5 heteroatoms. The Morgan fingerprint density at radius 2 is 2.22 bits per heavy atom. The van der Waals surface area contributed by atoms with Gasteiger partial charge in [-0.1, -0.05) is 18.3 Å². The molecule has 1 fully saturated rings. The van der Waals surface area contributed by atoms with Crippen molar-refractivity contribution in [2.75, 3.05) is 31.7 Å². The van der Waals surface area contributed by atoms with Gasteiger partial charge in [0.25, 0.3) is 0 Å². The van der Waals surface area contributed by atoms with Gasteiger partial charge in [0, 0.05) is 26.8 Å². The predicted molar refractivity (Wildman–Crippen MR) is 76.9 cm³/mol. The number of aromatic nitrogens is 1. The molecule has 98 valence electrons. The maximum Gasteiger partial charge on any atom is 0.129 e. The summed E-state index contributed by atoms with van der Waals surface area (Å²) in [4.78, 5) is 6.97. The van der Waals surface area contributed by atoms with Crippen LogP contribution in [0.5, 0.6) is 0 Å². The Kier molecular flexibility index (Phi) is 4.49. The van der Waals surface area contributed by atoms with E-state index in [9.17, 15) is 0 Å². The van der Waals surface area contributed by atoms with Crippen LogP contribution in [-0.2, 0) is 4.74 Å². The molecular formula is C13H19N3OS. The summed E-state index contributed by atoms with van der Waals surface area (Å²) in [6, 6.07) is 5.77. The lowest BCUT2D eigenvalue weighted by Crippen LogP contribution is -2.30. The molecule has 1 aliphatic heterocycles. The lowest BCUT2D eigenvalue weighted by molar-refractivity contribution is 0.0685. The normalized spacial score (nSPS) is 16.5. The standard InChI is InChI=1S/C13H19N3OS/c1-16(9-10-5-7-17-8-6-10)12-4-2-3-11(15-12)13(14)18/h2-4,10H,5-9H2,1H3,(H2,14,18). The van der Waals surface area contributed by atoms with Gasteiger partial charge in [-0.05, 0) is 30.9 Å². The number of anilines is 1. The van der Waals surface area contributed by atoms with Crippen molar-refractivity contribution in [3.05, 3.63) is 23.9 Å². The Morgan fingerprint density at radius 1 is 1.50 bits per heavy atom. The van der Waals surface area contributed by atoms with Crippen LogP contribution in [0.3, 0.4) is 0 Å². The summed E-state index contributed by atoms with van der Waals surface area (Å²) < 4.78 is 5.37.